The molecule has 1 atom stereocenters. The normalized spacial score (nSPS) is 12.4. The van der Waals surface area contributed by atoms with Gasteiger partial charge in [-0.05, 0) is 58.7 Å². The molecule has 0 fully saturated rings. The lowest BCUT2D eigenvalue weighted by atomic mass is 9.98. The molecule has 0 saturated carbocycles. The summed E-state index contributed by atoms with van der Waals surface area (Å²) in [6, 6.07) is 10.4. The number of nitrogens with one attached hydrogen (secondary N) is 1. The summed E-state index contributed by atoms with van der Waals surface area (Å²) in [5, 5.41) is 4.21. The molecule has 0 bridgehead atoms. The first-order valence-corrected chi connectivity index (χ1v) is 7.63. The molecule has 0 heterocycles. The van der Waals surface area contributed by atoms with Crippen LogP contribution in [-0.4, -0.2) is 7.05 Å². The minimum Gasteiger partial charge on any atom is -0.313 e. The van der Waals surface area contributed by atoms with Crippen LogP contribution in [-0.2, 0) is 6.42 Å². The van der Waals surface area contributed by atoms with Crippen LogP contribution in [0.15, 0.2) is 40.9 Å². The lowest BCUT2D eigenvalue weighted by molar-refractivity contribution is 0.554. The van der Waals surface area contributed by atoms with Crippen molar-refractivity contribution >= 4 is 39.1 Å². The second-order valence-electron chi connectivity index (χ2n) is 4.42. The van der Waals surface area contributed by atoms with Crippen LogP contribution in [0.25, 0.3) is 0 Å². The molecular formula is C15H13BrCl2FN. The molecule has 0 saturated heterocycles. The predicted molar refractivity (Wildman–Crippen MR) is 86.1 cm³/mol. The Hall–Kier alpha value is -0.610. The van der Waals surface area contributed by atoms with Gasteiger partial charge in [-0.2, -0.15) is 0 Å². The summed E-state index contributed by atoms with van der Waals surface area (Å²) in [6.07, 6.45) is 0.496. The van der Waals surface area contributed by atoms with Gasteiger partial charge in [0, 0.05) is 15.5 Å². The van der Waals surface area contributed by atoms with Gasteiger partial charge >= 0.3 is 0 Å². The van der Waals surface area contributed by atoms with Crippen LogP contribution in [0.5, 0.6) is 0 Å². The second kappa shape index (κ2) is 6.90. The van der Waals surface area contributed by atoms with Crippen molar-refractivity contribution in [3.63, 3.8) is 0 Å². The van der Waals surface area contributed by atoms with Gasteiger partial charge in [-0.25, -0.2) is 4.39 Å². The van der Waals surface area contributed by atoms with Crippen molar-refractivity contribution in [2.24, 2.45) is 0 Å². The summed E-state index contributed by atoms with van der Waals surface area (Å²) >= 11 is 15.5. The van der Waals surface area contributed by atoms with Gasteiger partial charge in [0.1, 0.15) is 5.82 Å². The van der Waals surface area contributed by atoms with E-state index in [1.165, 1.54) is 6.07 Å². The van der Waals surface area contributed by atoms with E-state index in [0.29, 0.717) is 22.0 Å². The molecule has 0 aliphatic rings. The van der Waals surface area contributed by atoms with Crippen molar-refractivity contribution in [1.29, 1.82) is 0 Å². The van der Waals surface area contributed by atoms with Crippen LogP contribution in [0.1, 0.15) is 17.2 Å². The highest BCUT2D eigenvalue weighted by Crippen LogP contribution is 2.32. The van der Waals surface area contributed by atoms with E-state index >= 15 is 0 Å². The highest BCUT2D eigenvalue weighted by Gasteiger charge is 2.17. The van der Waals surface area contributed by atoms with Crippen molar-refractivity contribution in [2.45, 2.75) is 12.5 Å². The highest BCUT2D eigenvalue weighted by molar-refractivity contribution is 9.10. The molecule has 20 heavy (non-hydrogen) atoms. The molecule has 1 N–H and O–H groups in total. The Morgan fingerprint density at radius 1 is 1.25 bits per heavy atom. The SMILES string of the molecule is CNC(Cc1ccc(Cl)cc1F)c1cccc(Br)c1Cl. The Bertz CT molecular complexity index is 619. The second-order valence-corrected chi connectivity index (χ2v) is 6.09. The first-order chi connectivity index (χ1) is 9.52. The van der Waals surface area contributed by atoms with Crippen molar-refractivity contribution in [3.05, 3.63) is 67.9 Å². The van der Waals surface area contributed by atoms with Crippen LogP contribution >= 0.6 is 39.1 Å². The van der Waals surface area contributed by atoms with Crippen LogP contribution < -0.4 is 5.32 Å². The Kier molecular flexibility index (Phi) is 5.44. The first-order valence-electron chi connectivity index (χ1n) is 6.08. The molecule has 2 aromatic carbocycles. The van der Waals surface area contributed by atoms with Crippen LogP contribution in [0, 0.1) is 5.82 Å². The first kappa shape index (κ1) is 15.8. The maximum atomic E-state index is 13.9. The van der Waals surface area contributed by atoms with Crippen molar-refractivity contribution in [1.82, 2.24) is 5.32 Å². The number of hydrogen-bond acceptors (Lipinski definition) is 1. The Morgan fingerprint density at radius 2 is 2.00 bits per heavy atom. The van der Waals surface area contributed by atoms with Crippen LogP contribution in [0.3, 0.4) is 0 Å². The standard InChI is InChI=1S/C15H13BrCl2FN/c1-20-14(11-3-2-4-12(16)15(11)18)7-9-5-6-10(17)8-13(9)19/h2-6,8,14,20H,7H2,1H3. The van der Waals surface area contributed by atoms with Gasteiger partial charge in [0.2, 0.25) is 0 Å². The van der Waals surface area contributed by atoms with Gasteiger partial charge in [-0.1, -0.05) is 41.4 Å². The fraction of sp³-hybridized carbons (Fsp3) is 0.200. The average molecular weight is 377 g/mol. The zero-order chi connectivity index (χ0) is 14.7. The zero-order valence-electron chi connectivity index (χ0n) is 10.8. The zero-order valence-corrected chi connectivity index (χ0v) is 13.9. The molecule has 5 heteroatoms. The van der Waals surface area contributed by atoms with E-state index in [2.05, 4.69) is 21.2 Å². The summed E-state index contributed by atoms with van der Waals surface area (Å²) in [7, 11) is 1.83. The lowest BCUT2D eigenvalue weighted by Gasteiger charge is -2.19. The Balaban J connectivity index is 2.31. The average Bonchev–Trinajstić information content (AvgIpc) is 2.42. The number of rotatable bonds is 4. The number of benzene rings is 2. The van der Waals surface area contributed by atoms with Crippen molar-refractivity contribution < 1.29 is 4.39 Å². The molecule has 2 rings (SSSR count). The molecule has 1 unspecified atom stereocenters. The minimum atomic E-state index is -0.302. The van der Waals surface area contributed by atoms with E-state index in [1.807, 2.05) is 25.2 Å². The van der Waals surface area contributed by atoms with Gasteiger partial charge in [-0.3, -0.25) is 0 Å². The van der Waals surface area contributed by atoms with Gasteiger partial charge < -0.3 is 5.32 Å². The summed E-state index contributed by atoms with van der Waals surface area (Å²) in [6.45, 7) is 0. The van der Waals surface area contributed by atoms with Gasteiger partial charge in [0.05, 0.1) is 5.02 Å². The van der Waals surface area contributed by atoms with Crippen LogP contribution in [0.4, 0.5) is 4.39 Å². The van der Waals surface area contributed by atoms with Gasteiger partial charge in [0.25, 0.3) is 0 Å². The Morgan fingerprint density at radius 3 is 2.65 bits per heavy atom. The monoisotopic (exact) mass is 375 g/mol. The molecule has 0 aromatic heterocycles. The summed E-state index contributed by atoms with van der Waals surface area (Å²) in [5.74, 6) is -0.302. The topological polar surface area (TPSA) is 12.0 Å². The van der Waals surface area contributed by atoms with E-state index in [0.717, 1.165) is 10.0 Å². The molecule has 0 aliphatic carbocycles. The fourth-order valence-corrected chi connectivity index (χ4v) is 2.86. The highest BCUT2D eigenvalue weighted by atomic mass is 79.9. The van der Waals surface area contributed by atoms with E-state index in [4.69, 9.17) is 23.2 Å². The quantitative estimate of drug-likeness (QED) is 0.753. The molecule has 0 spiro atoms. The number of likely N-dealkylation sites (N-methyl/N-ethyl adjacent to an activating group) is 1. The van der Waals surface area contributed by atoms with Gasteiger partial charge in [0.15, 0.2) is 0 Å². The molecule has 2 aromatic rings. The summed E-state index contributed by atoms with van der Waals surface area (Å²) in [4.78, 5) is 0. The van der Waals surface area contributed by atoms with E-state index in [1.54, 1.807) is 12.1 Å². The molecule has 0 radical (unpaired) electrons. The summed E-state index contributed by atoms with van der Waals surface area (Å²) in [5.41, 5.74) is 1.53. The predicted octanol–water partition coefficient (Wildman–Crippen LogP) is 5.40. The lowest BCUT2D eigenvalue weighted by Crippen LogP contribution is -2.19. The molecule has 0 amide bonds. The minimum absolute atomic E-state index is 0.0734. The summed E-state index contributed by atoms with van der Waals surface area (Å²) < 4.78 is 14.7. The molecule has 106 valence electrons. The maximum Gasteiger partial charge on any atom is 0.127 e. The Labute approximate surface area is 136 Å². The van der Waals surface area contributed by atoms with Crippen molar-refractivity contribution in [3.8, 4) is 0 Å². The fourth-order valence-electron chi connectivity index (χ4n) is 2.06. The number of halogens is 4. The van der Waals surface area contributed by atoms with E-state index in [9.17, 15) is 4.39 Å². The largest absolute Gasteiger partial charge is 0.313 e. The smallest absolute Gasteiger partial charge is 0.127 e. The van der Waals surface area contributed by atoms with E-state index < -0.39 is 0 Å². The van der Waals surface area contributed by atoms with Gasteiger partial charge in [-0.15, -0.1) is 0 Å². The molecular weight excluding hydrogens is 364 g/mol. The van der Waals surface area contributed by atoms with Crippen molar-refractivity contribution in [2.75, 3.05) is 7.05 Å². The third-order valence-corrected chi connectivity index (χ3v) is 4.69. The number of hydrogen-bond donors (Lipinski definition) is 1. The third-order valence-electron chi connectivity index (χ3n) is 3.14. The molecule has 1 nitrogen and oxygen atoms in total. The van der Waals surface area contributed by atoms with E-state index in [-0.39, 0.29) is 11.9 Å². The maximum absolute atomic E-state index is 13.9. The third kappa shape index (κ3) is 3.53. The van der Waals surface area contributed by atoms with Crippen LogP contribution in [0.2, 0.25) is 10.0 Å². The molecule has 0 aliphatic heterocycles.